The van der Waals surface area contributed by atoms with Crippen molar-refractivity contribution in [2.75, 3.05) is 18.4 Å². The average Bonchev–Trinajstić information content (AvgIpc) is 3.51. The molecule has 196 valence electrons. The molecule has 9 nitrogen and oxygen atoms in total. The molecule has 1 N–H and O–H groups in total. The predicted octanol–water partition coefficient (Wildman–Crippen LogP) is 4.14. The fourth-order valence-corrected chi connectivity index (χ4v) is 6.86. The molecule has 0 bridgehead atoms. The van der Waals surface area contributed by atoms with Crippen molar-refractivity contribution in [3.05, 3.63) is 95.9 Å². The molecule has 1 fully saturated rings. The van der Waals surface area contributed by atoms with E-state index in [4.69, 9.17) is 14.7 Å². The Kier molecular flexibility index (Phi) is 6.32. The van der Waals surface area contributed by atoms with Crippen molar-refractivity contribution in [2.24, 2.45) is 4.99 Å². The Morgan fingerprint density at radius 2 is 1.82 bits per heavy atom. The number of amidine groups is 1. The third-order valence-corrected chi connectivity index (χ3v) is 9.21. The van der Waals surface area contributed by atoms with Crippen molar-refractivity contribution in [1.82, 2.24) is 19.2 Å². The molecule has 3 aliphatic rings. The molecule has 0 saturated carbocycles. The van der Waals surface area contributed by atoms with Gasteiger partial charge in [0.05, 0.1) is 10.6 Å². The van der Waals surface area contributed by atoms with E-state index >= 15 is 0 Å². The summed E-state index contributed by atoms with van der Waals surface area (Å²) in [5, 5.41) is 3.39. The number of aromatic nitrogens is 2. The molecule has 11 heteroatoms. The maximum Gasteiger partial charge on any atom is 0.298 e. The molecule has 0 amide bonds. The quantitative estimate of drug-likeness (QED) is 0.507. The van der Waals surface area contributed by atoms with Crippen molar-refractivity contribution < 1.29 is 17.5 Å². The molecule has 0 spiro atoms. The first-order valence-electron chi connectivity index (χ1n) is 12.5. The van der Waals surface area contributed by atoms with Gasteiger partial charge in [0, 0.05) is 31.5 Å². The molecule has 0 aliphatic carbocycles. The maximum atomic E-state index is 13.5. The number of anilines is 1. The van der Waals surface area contributed by atoms with Crippen LogP contribution in [0, 0.1) is 12.7 Å². The topological polar surface area (TPSA) is 100 Å². The lowest BCUT2D eigenvalue weighted by atomic mass is 9.97. The Labute approximate surface area is 220 Å². The summed E-state index contributed by atoms with van der Waals surface area (Å²) in [6.07, 6.45) is 6.36. The number of hydrogen-bond acceptors (Lipinski definition) is 8. The first-order chi connectivity index (χ1) is 18.4. The molecule has 2 atom stereocenters. The first kappa shape index (κ1) is 24.5. The smallest absolute Gasteiger partial charge is 0.298 e. The van der Waals surface area contributed by atoms with Crippen LogP contribution in [0.3, 0.4) is 0 Å². The van der Waals surface area contributed by atoms with Crippen LogP contribution in [-0.2, 0) is 14.8 Å². The van der Waals surface area contributed by atoms with Crippen molar-refractivity contribution in [2.45, 2.75) is 42.8 Å². The molecule has 6 rings (SSSR count). The van der Waals surface area contributed by atoms with Crippen LogP contribution in [0.1, 0.15) is 41.7 Å². The van der Waals surface area contributed by atoms with E-state index in [-0.39, 0.29) is 23.9 Å². The van der Waals surface area contributed by atoms with E-state index in [1.807, 2.05) is 36.2 Å². The van der Waals surface area contributed by atoms with E-state index < -0.39 is 10.0 Å². The number of benzene rings is 2. The third-order valence-electron chi connectivity index (χ3n) is 7.15. The lowest BCUT2D eigenvalue weighted by molar-refractivity contribution is 0.328. The summed E-state index contributed by atoms with van der Waals surface area (Å²) in [7, 11) is -3.54. The van der Waals surface area contributed by atoms with Crippen LogP contribution in [0.25, 0.3) is 0 Å². The zero-order valence-electron chi connectivity index (χ0n) is 20.7. The zero-order valence-corrected chi connectivity index (χ0v) is 21.6. The zero-order chi connectivity index (χ0) is 26.3. The summed E-state index contributed by atoms with van der Waals surface area (Å²) >= 11 is 0. The minimum Gasteiger partial charge on any atom is -0.432 e. The lowest BCUT2D eigenvalue weighted by Crippen LogP contribution is -2.42. The number of ether oxygens (including phenoxy) is 1. The van der Waals surface area contributed by atoms with Crippen LogP contribution >= 0.6 is 0 Å². The van der Waals surface area contributed by atoms with Gasteiger partial charge in [0.1, 0.15) is 24.2 Å². The van der Waals surface area contributed by atoms with Crippen molar-refractivity contribution in [1.29, 1.82) is 0 Å². The van der Waals surface area contributed by atoms with E-state index in [2.05, 4.69) is 10.3 Å². The maximum absolute atomic E-state index is 13.5. The highest BCUT2D eigenvalue weighted by atomic mass is 32.2. The number of hydrogen-bond donors (Lipinski definition) is 1. The van der Waals surface area contributed by atoms with Crippen molar-refractivity contribution in [3.63, 3.8) is 0 Å². The number of halogens is 1. The van der Waals surface area contributed by atoms with Gasteiger partial charge in [-0.3, -0.25) is 4.90 Å². The minimum absolute atomic E-state index is 0.0341. The van der Waals surface area contributed by atoms with Crippen LogP contribution in [0.15, 0.2) is 83.1 Å². The monoisotopic (exact) mass is 534 g/mol. The van der Waals surface area contributed by atoms with Crippen LogP contribution in [-0.4, -0.2) is 52.7 Å². The Morgan fingerprint density at radius 3 is 2.58 bits per heavy atom. The standard InChI is InChI=1S/C27H27FN6O3S/c1-18-4-2-3-5-23(18)38(35,36)33-14-11-21(12-15-33)30-26-29-13-10-22(31-26)25-24(19-6-8-20(28)9-7-19)32-27-34(25)16-17-37-27/h2-10,13,16-17,21,24-25H,11-12,14-15H2,1H3,(H,29,30,31). The summed E-state index contributed by atoms with van der Waals surface area (Å²) in [5.74, 6) is 0.164. The summed E-state index contributed by atoms with van der Waals surface area (Å²) < 4.78 is 46.9. The van der Waals surface area contributed by atoms with Gasteiger partial charge in [-0.1, -0.05) is 30.3 Å². The largest absolute Gasteiger partial charge is 0.432 e. The first-order valence-corrected chi connectivity index (χ1v) is 13.9. The van der Waals surface area contributed by atoms with Gasteiger partial charge in [-0.2, -0.15) is 4.31 Å². The molecule has 3 aliphatic heterocycles. The number of aryl methyl sites for hydroxylation is 1. The van der Waals surface area contributed by atoms with Gasteiger partial charge < -0.3 is 10.1 Å². The van der Waals surface area contributed by atoms with E-state index in [9.17, 15) is 12.8 Å². The Bertz CT molecular complexity index is 1500. The molecule has 4 heterocycles. The Morgan fingerprint density at radius 1 is 1.05 bits per heavy atom. The number of fused-ring (bicyclic) bond motifs is 1. The third kappa shape index (κ3) is 4.52. The normalized spacial score (nSPS) is 21.7. The van der Waals surface area contributed by atoms with Gasteiger partial charge in [0.2, 0.25) is 16.0 Å². The predicted molar refractivity (Wildman–Crippen MR) is 140 cm³/mol. The van der Waals surface area contributed by atoms with E-state index in [0.717, 1.165) is 16.8 Å². The minimum atomic E-state index is -3.54. The molecule has 1 saturated heterocycles. The van der Waals surface area contributed by atoms with Crippen LogP contribution in [0.5, 0.6) is 0 Å². The number of nitrogens with one attached hydrogen (secondary N) is 1. The molecular weight excluding hydrogens is 507 g/mol. The number of rotatable bonds is 6. The second-order valence-electron chi connectivity index (χ2n) is 9.56. The molecule has 2 aromatic carbocycles. The molecule has 1 aromatic heterocycles. The van der Waals surface area contributed by atoms with Gasteiger partial charge >= 0.3 is 0 Å². The van der Waals surface area contributed by atoms with Gasteiger partial charge in [-0.25, -0.2) is 27.8 Å². The molecule has 0 radical (unpaired) electrons. The van der Waals surface area contributed by atoms with Gasteiger partial charge in [-0.05, 0) is 55.2 Å². The summed E-state index contributed by atoms with van der Waals surface area (Å²) in [5.41, 5.74) is 2.34. The lowest BCUT2D eigenvalue weighted by Gasteiger charge is -2.32. The highest BCUT2D eigenvalue weighted by Gasteiger charge is 2.41. The van der Waals surface area contributed by atoms with Crippen LogP contribution in [0.2, 0.25) is 0 Å². The van der Waals surface area contributed by atoms with E-state index in [1.54, 1.807) is 41.0 Å². The summed E-state index contributed by atoms with van der Waals surface area (Å²) in [6.45, 7) is 2.64. The second kappa shape index (κ2) is 9.80. The van der Waals surface area contributed by atoms with Crippen LogP contribution < -0.4 is 5.32 Å². The number of nitrogens with zero attached hydrogens (tertiary/aromatic N) is 5. The summed E-state index contributed by atoms with van der Waals surface area (Å²) in [4.78, 5) is 16.2. The molecule has 2 unspecified atom stereocenters. The fourth-order valence-electron chi connectivity index (χ4n) is 5.17. The van der Waals surface area contributed by atoms with Gasteiger partial charge in [-0.15, -0.1) is 0 Å². The Hall–Kier alpha value is -3.83. The van der Waals surface area contributed by atoms with Gasteiger partial charge in [0.15, 0.2) is 0 Å². The second-order valence-corrected chi connectivity index (χ2v) is 11.5. The van der Waals surface area contributed by atoms with E-state index in [0.29, 0.717) is 42.8 Å². The van der Waals surface area contributed by atoms with Crippen LogP contribution in [0.4, 0.5) is 10.3 Å². The molecule has 38 heavy (non-hydrogen) atoms. The number of piperidine rings is 1. The number of aliphatic imine (C=N–C) groups is 1. The summed E-state index contributed by atoms with van der Waals surface area (Å²) in [6, 6.07) is 15.1. The number of sulfonamides is 1. The van der Waals surface area contributed by atoms with Crippen molar-refractivity contribution in [3.8, 4) is 0 Å². The highest BCUT2D eigenvalue weighted by Crippen LogP contribution is 2.43. The fraction of sp³-hybridized carbons (Fsp3) is 0.296. The highest BCUT2D eigenvalue weighted by molar-refractivity contribution is 7.89. The SMILES string of the molecule is Cc1ccccc1S(=O)(=O)N1CCC(Nc2nccc(C3C(c4ccc(F)cc4)N=C4OC=CN43)n2)CC1. The van der Waals surface area contributed by atoms with Gasteiger partial charge in [0.25, 0.3) is 6.02 Å². The van der Waals surface area contributed by atoms with Crippen molar-refractivity contribution >= 4 is 22.0 Å². The molecule has 3 aromatic rings. The Balaban J connectivity index is 1.17. The van der Waals surface area contributed by atoms with E-state index in [1.165, 1.54) is 12.1 Å². The average molecular weight is 535 g/mol. The molecular formula is C27H27FN6O3S.